The van der Waals surface area contributed by atoms with Gasteiger partial charge >= 0.3 is 0 Å². The molecule has 3 fully saturated rings. The van der Waals surface area contributed by atoms with Crippen LogP contribution in [0, 0.1) is 11.3 Å². The van der Waals surface area contributed by atoms with Gasteiger partial charge in [0.15, 0.2) is 0 Å². The lowest BCUT2D eigenvalue weighted by molar-refractivity contribution is -0.190. The van der Waals surface area contributed by atoms with Crippen molar-refractivity contribution >= 4 is 0 Å². The largest absolute Gasteiger partial charge is 0.392 e. The molecule has 3 saturated carbocycles. The van der Waals surface area contributed by atoms with Gasteiger partial charge in [-0.1, -0.05) is 25.7 Å². The molecule has 0 bridgehead atoms. The standard InChI is InChI=1S/C13H22O2/c14-11-9-12(13(11)6-1-2-7-13)15-8-5-10-3-4-10/h10-12,14H,1-9H2. The molecule has 1 N–H and O–H groups in total. The van der Waals surface area contributed by atoms with Crippen LogP contribution >= 0.6 is 0 Å². The SMILES string of the molecule is OC1CC(OCCC2CC2)C12CCCC2. The maximum atomic E-state index is 9.91. The van der Waals surface area contributed by atoms with E-state index in [1.807, 2.05) is 0 Å². The second-order valence-corrected chi connectivity index (χ2v) is 5.78. The highest BCUT2D eigenvalue weighted by atomic mass is 16.5. The van der Waals surface area contributed by atoms with Gasteiger partial charge in [0.2, 0.25) is 0 Å². The molecule has 3 aliphatic rings. The van der Waals surface area contributed by atoms with E-state index in [1.54, 1.807) is 0 Å². The maximum Gasteiger partial charge on any atom is 0.0680 e. The van der Waals surface area contributed by atoms with Gasteiger partial charge in [-0.25, -0.2) is 0 Å². The van der Waals surface area contributed by atoms with Crippen molar-refractivity contribution in [3.05, 3.63) is 0 Å². The Labute approximate surface area is 92.0 Å². The lowest BCUT2D eigenvalue weighted by Crippen LogP contribution is -2.56. The quantitative estimate of drug-likeness (QED) is 0.772. The highest BCUT2D eigenvalue weighted by Crippen LogP contribution is 2.54. The highest BCUT2D eigenvalue weighted by molar-refractivity contribution is 5.06. The summed E-state index contributed by atoms with van der Waals surface area (Å²) in [4.78, 5) is 0. The van der Waals surface area contributed by atoms with Crippen molar-refractivity contribution in [1.82, 2.24) is 0 Å². The summed E-state index contributed by atoms with van der Waals surface area (Å²) in [7, 11) is 0. The predicted octanol–water partition coefficient (Wildman–Crippen LogP) is 2.50. The first-order valence-electron chi connectivity index (χ1n) is 6.61. The Kier molecular flexibility index (Phi) is 2.52. The predicted molar refractivity (Wildman–Crippen MR) is 58.6 cm³/mol. The smallest absolute Gasteiger partial charge is 0.0680 e. The fourth-order valence-electron chi connectivity index (χ4n) is 3.43. The molecule has 0 saturated heterocycles. The van der Waals surface area contributed by atoms with Crippen LogP contribution in [0.1, 0.15) is 51.4 Å². The molecule has 86 valence electrons. The van der Waals surface area contributed by atoms with E-state index in [0.29, 0.717) is 6.10 Å². The molecule has 0 aromatic heterocycles. The molecule has 0 heterocycles. The summed E-state index contributed by atoms with van der Waals surface area (Å²) in [6.07, 6.45) is 10.3. The van der Waals surface area contributed by atoms with Gasteiger partial charge in [0.1, 0.15) is 0 Å². The molecule has 0 aromatic carbocycles. The Hall–Kier alpha value is -0.0800. The summed E-state index contributed by atoms with van der Waals surface area (Å²) < 4.78 is 5.98. The first-order valence-corrected chi connectivity index (χ1v) is 6.61. The van der Waals surface area contributed by atoms with Gasteiger partial charge in [0.25, 0.3) is 0 Å². The third-order valence-corrected chi connectivity index (χ3v) is 4.82. The van der Waals surface area contributed by atoms with E-state index < -0.39 is 0 Å². The number of aliphatic hydroxyl groups is 1. The zero-order valence-corrected chi connectivity index (χ0v) is 9.45. The molecule has 0 radical (unpaired) electrons. The van der Waals surface area contributed by atoms with Crippen LogP contribution in [0.3, 0.4) is 0 Å². The number of aliphatic hydroxyl groups excluding tert-OH is 1. The fourth-order valence-corrected chi connectivity index (χ4v) is 3.43. The van der Waals surface area contributed by atoms with Crippen molar-refractivity contribution in [2.75, 3.05) is 6.61 Å². The average molecular weight is 210 g/mol. The summed E-state index contributed by atoms with van der Waals surface area (Å²) in [6.45, 7) is 0.934. The van der Waals surface area contributed by atoms with Crippen LogP contribution in [-0.2, 0) is 4.74 Å². The van der Waals surface area contributed by atoms with Gasteiger partial charge in [-0.2, -0.15) is 0 Å². The van der Waals surface area contributed by atoms with Crippen LogP contribution in [-0.4, -0.2) is 23.9 Å². The van der Waals surface area contributed by atoms with Gasteiger partial charge in [-0.15, -0.1) is 0 Å². The molecule has 0 aliphatic heterocycles. The summed E-state index contributed by atoms with van der Waals surface area (Å²) in [5.41, 5.74) is 0.184. The van der Waals surface area contributed by atoms with Crippen LogP contribution < -0.4 is 0 Å². The Balaban J connectivity index is 1.48. The molecule has 2 unspecified atom stereocenters. The molecule has 0 aromatic rings. The zero-order chi connectivity index (χ0) is 10.3. The molecule has 1 spiro atoms. The number of hydrogen-bond donors (Lipinski definition) is 1. The average Bonchev–Trinajstić information content (AvgIpc) is 2.90. The van der Waals surface area contributed by atoms with E-state index >= 15 is 0 Å². The van der Waals surface area contributed by atoms with E-state index in [-0.39, 0.29) is 11.5 Å². The topological polar surface area (TPSA) is 29.5 Å². The Morgan fingerprint density at radius 2 is 1.93 bits per heavy atom. The van der Waals surface area contributed by atoms with Crippen molar-refractivity contribution in [2.45, 2.75) is 63.6 Å². The summed E-state index contributed by atoms with van der Waals surface area (Å²) >= 11 is 0. The minimum Gasteiger partial charge on any atom is -0.392 e. The lowest BCUT2D eigenvalue weighted by Gasteiger charge is -2.51. The number of ether oxygens (including phenoxy) is 1. The van der Waals surface area contributed by atoms with E-state index in [4.69, 9.17) is 4.74 Å². The van der Waals surface area contributed by atoms with Crippen molar-refractivity contribution in [3.63, 3.8) is 0 Å². The van der Waals surface area contributed by atoms with Gasteiger partial charge in [-0.05, 0) is 25.2 Å². The maximum absolute atomic E-state index is 9.91. The minimum absolute atomic E-state index is 0.0640. The lowest BCUT2D eigenvalue weighted by atomic mass is 9.62. The van der Waals surface area contributed by atoms with E-state index in [9.17, 15) is 5.11 Å². The zero-order valence-electron chi connectivity index (χ0n) is 9.45. The molecular formula is C13H22O2. The summed E-state index contributed by atoms with van der Waals surface area (Å²) in [5, 5.41) is 9.91. The molecule has 15 heavy (non-hydrogen) atoms. The molecule has 3 rings (SSSR count). The second-order valence-electron chi connectivity index (χ2n) is 5.78. The molecule has 0 amide bonds. The van der Waals surface area contributed by atoms with Gasteiger partial charge in [-0.3, -0.25) is 0 Å². The number of hydrogen-bond acceptors (Lipinski definition) is 2. The van der Waals surface area contributed by atoms with Crippen LogP contribution in [0.2, 0.25) is 0 Å². The highest BCUT2D eigenvalue weighted by Gasteiger charge is 2.56. The molecule has 2 atom stereocenters. The van der Waals surface area contributed by atoms with E-state index in [2.05, 4.69) is 0 Å². The second kappa shape index (κ2) is 3.74. The fraction of sp³-hybridized carbons (Fsp3) is 1.00. The first kappa shape index (κ1) is 10.1. The third kappa shape index (κ3) is 1.72. The minimum atomic E-state index is -0.0640. The Morgan fingerprint density at radius 3 is 2.53 bits per heavy atom. The van der Waals surface area contributed by atoms with Crippen LogP contribution in [0.15, 0.2) is 0 Å². The van der Waals surface area contributed by atoms with Gasteiger partial charge < -0.3 is 9.84 Å². The molecule has 2 nitrogen and oxygen atoms in total. The van der Waals surface area contributed by atoms with E-state index in [1.165, 1.54) is 44.9 Å². The van der Waals surface area contributed by atoms with Crippen molar-refractivity contribution in [2.24, 2.45) is 11.3 Å². The summed E-state index contributed by atoms with van der Waals surface area (Å²) in [5.74, 6) is 0.967. The van der Waals surface area contributed by atoms with Crippen molar-refractivity contribution < 1.29 is 9.84 Å². The molecule has 3 aliphatic carbocycles. The number of rotatable bonds is 4. The Bertz CT molecular complexity index is 229. The summed E-state index contributed by atoms with van der Waals surface area (Å²) in [6, 6.07) is 0. The van der Waals surface area contributed by atoms with Gasteiger partial charge in [0, 0.05) is 18.4 Å². The van der Waals surface area contributed by atoms with Crippen LogP contribution in [0.25, 0.3) is 0 Å². The first-order chi connectivity index (χ1) is 7.31. The van der Waals surface area contributed by atoms with Crippen molar-refractivity contribution in [1.29, 1.82) is 0 Å². The third-order valence-electron chi connectivity index (χ3n) is 4.82. The van der Waals surface area contributed by atoms with Gasteiger partial charge in [0.05, 0.1) is 12.2 Å². The Morgan fingerprint density at radius 1 is 1.20 bits per heavy atom. The normalized spacial score (nSPS) is 38.2. The van der Waals surface area contributed by atoms with Crippen LogP contribution in [0.4, 0.5) is 0 Å². The van der Waals surface area contributed by atoms with E-state index in [0.717, 1.165) is 18.9 Å². The molecule has 2 heteroatoms. The van der Waals surface area contributed by atoms with Crippen LogP contribution in [0.5, 0.6) is 0 Å². The monoisotopic (exact) mass is 210 g/mol. The molecular weight excluding hydrogens is 188 g/mol. The van der Waals surface area contributed by atoms with Crippen molar-refractivity contribution in [3.8, 4) is 0 Å².